The molecule has 1 aliphatic rings. The molecule has 4 rings (SSSR count). The third-order valence-corrected chi connectivity index (χ3v) is 5.32. The molecule has 0 aliphatic carbocycles. The summed E-state index contributed by atoms with van der Waals surface area (Å²) in [5.74, 6) is -0.467. The van der Waals surface area contributed by atoms with Crippen molar-refractivity contribution in [3.8, 4) is 0 Å². The Labute approximate surface area is 160 Å². The number of aromatic nitrogens is 1. The van der Waals surface area contributed by atoms with Crippen molar-refractivity contribution in [2.45, 2.75) is 12.5 Å². The average molecular weight is 463 g/mol. The molecule has 1 saturated heterocycles. The standard InChI is InChI=1S/C18H13Br2N3O2/c19-11-2-4-16(13(20)7-11)23-17(24)9-15(18(23)25)22-12-3-1-10-5-6-21-14(10)8-12/h1-8,15,21-22H,9H2. The van der Waals surface area contributed by atoms with Crippen LogP contribution in [0.15, 0.2) is 57.6 Å². The second-order valence-electron chi connectivity index (χ2n) is 5.84. The predicted molar refractivity (Wildman–Crippen MR) is 105 cm³/mol. The van der Waals surface area contributed by atoms with Gasteiger partial charge in [0.05, 0.1) is 12.1 Å². The maximum absolute atomic E-state index is 12.8. The third kappa shape index (κ3) is 2.98. The van der Waals surface area contributed by atoms with Gasteiger partial charge in [-0.25, -0.2) is 4.90 Å². The summed E-state index contributed by atoms with van der Waals surface area (Å²) in [6.07, 6.45) is 2.00. The number of nitrogens with one attached hydrogen (secondary N) is 2. The van der Waals surface area contributed by atoms with Gasteiger partial charge in [-0.05, 0) is 57.7 Å². The summed E-state index contributed by atoms with van der Waals surface area (Å²) in [7, 11) is 0. The van der Waals surface area contributed by atoms with Gasteiger partial charge in [0.1, 0.15) is 6.04 Å². The molecule has 1 aromatic heterocycles. The van der Waals surface area contributed by atoms with E-state index >= 15 is 0 Å². The molecule has 5 nitrogen and oxygen atoms in total. The number of hydrogen-bond acceptors (Lipinski definition) is 3. The van der Waals surface area contributed by atoms with Gasteiger partial charge in [-0.15, -0.1) is 0 Å². The molecule has 7 heteroatoms. The summed E-state index contributed by atoms with van der Waals surface area (Å²) < 4.78 is 1.56. The summed E-state index contributed by atoms with van der Waals surface area (Å²) in [5.41, 5.74) is 2.34. The first-order valence-corrected chi connectivity index (χ1v) is 9.27. The van der Waals surface area contributed by atoms with Crippen molar-refractivity contribution >= 4 is 66.0 Å². The van der Waals surface area contributed by atoms with E-state index < -0.39 is 6.04 Å². The maximum atomic E-state index is 12.8. The van der Waals surface area contributed by atoms with Gasteiger partial charge in [-0.1, -0.05) is 22.0 Å². The number of imide groups is 1. The molecule has 126 valence electrons. The van der Waals surface area contributed by atoms with E-state index in [4.69, 9.17) is 0 Å². The van der Waals surface area contributed by atoms with Crippen LogP contribution in [0.1, 0.15) is 6.42 Å². The lowest BCUT2D eigenvalue weighted by Gasteiger charge is -2.17. The molecule has 25 heavy (non-hydrogen) atoms. The van der Waals surface area contributed by atoms with E-state index in [2.05, 4.69) is 42.2 Å². The van der Waals surface area contributed by atoms with Crippen molar-refractivity contribution in [2.24, 2.45) is 0 Å². The Kier molecular flexibility index (Phi) is 4.13. The van der Waals surface area contributed by atoms with Crippen LogP contribution in [0, 0.1) is 0 Å². The zero-order chi connectivity index (χ0) is 17.6. The molecule has 2 heterocycles. The number of fused-ring (bicyclic) bond motifs is 1. The lowest BCUT2D eigenvalue weighted by atomic mass is 10.2. The first-order valence-electron chi connectivity index (χ1n) is 7.68. The van der Waals surface area contributed by atoms with Crippen LogP contribution in [-0.2, 0) is 9.59 Å². The summed E-state index contributed by atoms with van der Waals surface area (Å²) in [6, 6.07) is 12.6. The number of hydrogen-bond donors (Lipinski definition) is 2. The number of amides is 2. The molecule has 0 radical (unpaired) electrons. The van der Waals surface area contributed by atoms with E-state index in [1.807, 2.05) is 36.5 Å². The van der Waals surface area contributed by atoms with E-state index in [1.54, 1.807) is 12.1 Å². The van der Waals surface area contributed by atoms with E-state index in [9.17, 15) is 9.59 Å². The van der Waals surface area contributed by atoms with Crippen molar-refractivity contribution in [2.75, 3.05) is 10.2 Å². The number of benzene rings is 2. The molecular weight excluding hydrogens is 450 g/mol. The highest BCUT2D eigenvalue weighted by Crippen LogP contribution is 2.33. The number of halogens is 2. The highest BCUT2D eigenvalue weighted by molar-refractivity contribution is 9.11. The molecular formula is C18H13Br2N3O2. The summed E-state index contributed by atoms with van der Waals surface area (Å²) in [5, 5.41) is 4.27. The second kappa shape index (κ2) is 6.31. The minimum absolute atomic E-state index is 0.129. The quantitative estimate of drug-likeness (QED) is 0.565. The van der Waals surface area contributed by atoms with Crippen LogP contribution in [0.2, 0.25) is 0 Å². The number of aromatic amines is 1. The van der Waals surface area contributed by atoms with Crippen LogP contribution in [0.25, 0.3) is 10.9 Å². The molecule has 1 atom stereocenters. The topological polar surface area (TPSA) is 65.2 Å². The Morgan fingerprint density at radius 2 is 1.92 bits per heavy atom. The lowest BCUT2D eigenvalue weighted by molar-refractivity contribution is -0.121. The zero-order valence-electron chi connectivity index (χ0n) is 12.9. The molecule has 1 aliphatic heterocycles. The number of carbonyl (C=O) groups is 2. The zero-order valence-corrected chi connectivity index (χ0v) is 16.1. The SMILES string of the molecule is O=C1CC(Nc2ccc3cc[nH]c3c2)C(=O)N1c1ccc(Br)cc1Br. The molecule has 0 spiro atoms. The predicted octanol–water partition coefficient (Wildman–Crippen LogP) is 4.44. The summed E-state index contributed by atoms with van der Waals surface area (Å²) in [4.78, 5) is 29.6. The molecule has 0 bridgehead atoms. The van der Waals surface area contributed by atoms with Crippen molar-refractivity contribution in [3.05, 3.63) is 57.6 Å². The van der Waals surface area contributed by atoms with E-state index in [0.717, 1.165) is 21.1 Å². The Morgan fingerprint density at radius 1 is 1.08 bits per heavy atom. The number of H-pyrrole nitrogens is 1. The number of anilines is 2. The monoisotopic (exact) mass is 461 g/mol. The first kappa shape index (κ1) is 16.4. The minimum atomic E-state index is -0.574. The van der Waals surface area contributed by atoms with Gasteiger partial charge in [0.2, 0.25) is 5.91 Å². The van der Waals surface area contributed by atoms with Crippen molar-refractivity contribution in [3.63, 3.8) is 0 Å². The van der Waals surface area contributed by atoms with E-state index in [0.29, 0.717) is 10.2 Å². The largest absolute Gasteiger partial charge is 0.373 e. The number of nitrogens with zero attached hydrogens (tertiary/aromatic N) is 1. The van der Waals surface area contributed by atoms with Gasteiger partial charge in [0.15, 0.2) is 0 Å². The highest BCUT2D eigenvalue weighted by atomic mass is 79.9. The van der Waals surface area contributed by atoms with E-state index in [1.165, 1.54) is 4.90 Å². The molecule has 0 saturated carbocycles. The van der Waals surface area contributed by atoms with Gasteiger partial charge in [-0.3, -0.25) is 9.59 Å². The molecule has 2 amide bonds. The van der Waals surface area contributed by atoms with Crippen LogP contribution in [0.5, 0.6) is 0 Å². The van der Waals surface area contributed by atoms with E-state index in [-0.39, 0.29) is 18.2 Å². The minimum Gasteiger partial charge on any atom is -0.373 e. The fourth-order valence-electron chi connectivity index (χ4n) is 3.00. The van der Waals surface area contributed by atoms with Crippen LogP contribution in [-0.4, -0.2) is 22.8 Å². The Morgan fingerprint density at radius 3 is 2.72 bits per heavy atom. The fourth-order valence-corrected chi connectivity index (χ4v) is 4.22. The summed E-state index contributed by atoms with van der Waals surface area (Å²) in [6.45, 7) is 0. The van der Waals surface area contributed by atoms with Crippen LogP contribution in [0.3, 0.4) is 0 Å². The van der Waals surface area contributed by atoms with Gasteiger partial charge in [-0.2, -0.15) is 0 Å². The summed E-state index contributed by atoms with van der Waals surface area (Å²) >= 11 is 6.79. The number of carbonyl (C=O) groups excluding carboxylic acids is 2. The Hall–Kier alpha value is -2.12. The molecule has 2 aromatic carbocycles. The van der Waals surface area contributed by atoms with Gasteiger partial charge >= 0.3 is 0 Å². The van der Waals surface area contributed by atoms with Crippen LogP contribution in [0.4, 0.5) is 11.4 Å². The average Bonchev–Trinajstić information content (AvgIpc) is 3.13. The highest BCUT2D eigenvalue weighted by Gasteiger charge is 2.40. The van der Waals surface area contributed by atoms with Crippen molar-refractivity contribution < 1.29 is 9.59 Å². The van der Waals surface area contributed by atoms with Gasteiger partial charge in [0, 0.05) is 26.3 Å². The van der Waals surface area contributed by atoms with Gasteiger partial charge < -0.3 is 10.3 Å². The second-order valence-corrected chi connectivity index (χ2v) is 7.61. The fraction of sp³-hybridized carbons (Fsp3) is 0.111. The molecule has 2 N–H and O–H groups in total. The maximum Gasteiger partial charge on any atom is 0.256 e. The molecule has 1 unspecified atom stereocenters. The number of rotatable bonds is 3. The van der Waals surface area contributed by atoms with Crippen LogP contribution < -0.4 is 10.2 Å². The molecule has 1 fully saturated rings. The third-order valence-electron chi connectivity index (χ3n) is 4.19. The van der Waals surface area contributed by atoms with Crippen LogP contribution >= 0.6 is 31.9 Å². The van der Waals surface area contributed by atoms with Gasteiger partial charge in [0.25, 0.3) is 5.91 Å². The molecule has 3 aromatic rings. The first-order chi connectivity index (χ1) is 12.0. The van der Waals surface area contributed by atoms with Crippen molar-refractivity contribution in [1.82, 2.24) is 4.98 Å². The Balaban J connectivity index is 1.60. The smallest absolute Gasteiger partial charge is 0.256 e. The normalized spacial score (nSPS) is 17.5. The lowest BCUT2D eigenvalue weighted by Crippen LogP contribution is -2.35. The Bertz CT molecular complexity index is 999. The van der Waals surface area contributed by atoms with Crippen molar-refractivity contribution in [1.29, 1.82) is 0 Å².